The van der Waals surface area contributed by atoms with Crippen molar-refractivity contribution < 1.29 is 30.0 Å². The normalized spacial score (nSPS) is 25.8. The molecule has 0 aromatic carbocycles. The van der Waals surface area contributed by atoms with Crippen molar-refractivity contribution in [3.63, 3.8) is 0 Å². The van der Waals surface area contributed by atoms with Crippen molar-refractivity contribution in [3.05, 3.63) is 11.5 Å². The standard InChI is InChI=1S/C6H8O6/c7-1-2(8)5-3(9)4(10)6(11)12-5/h2,5,7-10H,1H2/t2-,5+/m1/s1. The zero-order valence-electron chi connectivity index (χ0n) is 5.97. The molecule has 0 fully saturated rings. The highest BCUT2D eigenvalue weighted by atomic mass is 16.6. The highest BCUT2D eigenvalue weighted by molar-refractivity contribution is 5.89. The molecule has 0 aliphatic carbocycles. The molecule has 2 atom stereocenters. The van der Waals surface area contributed by atoms with Crippen molar-refractivity contribution in [2.75, 3.05) is 6.61 Å². The molecule has 1 aliphatic rings. The van der Waals surface area contributed by atoms with Gasteiger partial charge in [0.05, 0.1) is 6.61 Å². The molecule has 68 valence electrons. The van der Waals surface area contributed by atoms with Gasteiger partial charge in [-0.05, 0) is 0 Å². The number of carbonyl (C=O) groups excluding carboxylic acids is 1. The predicted molar refractivity (Wildman–Crippen MR) is 35.3 cm³/mol. The molecule has 0 amide bonds. The van der Waals surface area contributed by atoms with Crippen LogP contribution in [0.3, 0.4) is 0 Å². The average Bonchev–Trinajstić information content (AvgIpc) is 2.32. The summed E-state index contributed by atoms with van der Waals surface area (Å²) in [5.74, 6) is -2.78. The van der Waals surface area contributed by atoms with Crippen molar-refractivity contribution >= 4 is 5.97 Å². The van der Waals surface area contributed by atoms with Crippen molar-refractivity contribution in [2.45, 2.75) is 12.2 Å². The Morgan fingerprint density at radius 2 is 2.08 bits per heavy atom. The lowest BCUT2D eigenvalue weighted by Crippen LogP contribution is -2.31. The topological polar surface area (TPSA) is 107 Å². The first kappa shape index (κ1) is 8.82. The largest absolute Gasteiger partial charge is 0.505 e. The number of hydrogen-bond acceptors (Lipinski definition) is 6. The monoisotopic (exact) mass is 176 g/mol. The molecule has 6 nitrogen and oxygen atoms in total. The van der Waals surface area contributed by atoms with E-state index in [0.29, 0.717) is 0 Å². The molecule has 0 radical (unpaired) electrons. The van der Waals surface area contributed by atoms with E-state index in [4.69, 9.17) is 20.4 Å². The second-order valence-electron chi connectivity index (χ2n) is 2.31. The van der Waals surface area contributed by atoms with Crippen LogP contribution >= 0.6 is 0 Å². The fraction of sp³-hybridized carbons (Fsp3) is 0.500. The van der Waals surface area contributed by atoms with Crippen LogP contribution in [0.25, 0.3) is 0 Å². The van der Waals surface area contributed by atoms with Gasteiger partial charge in [0.25, 0.3) is 0 Å². The summed E-state index contributed by atoms with van der Waals surface area (Å²) in [4.78, 5) is 10.5. The summed E-state index contributed by atoms with van der Waals surface area (Å²) >= 11 is 0. The minimum absolute atomic E-state index is 0.671. The molecule has 0 bridgehead atoms. The Labute approximate surface area is 67.3 Å². The van der Waals surface area contributed by atoms with Gasteiger partial charge in [-0.15, -0.1) is 0 Å². The lowest BCUT2D eigenvalue weighted by molar-refractivity contribution is -0.147. The van der Waals surface area contributed by atoms with E-state index >= 15 is 0 Å². The van der Waals surface area contributed by atoms with Gasteiger partial charge in [0.1, 0.15) is 6.10 Å². The summed E-state index contributed by atoms with van der Waals surface area (Å²) < 4.78 is 4.32. The first-order valence-electron chi connectivity index (χ1n) is 3.20. The first-order chi connectivity index (χ1) is 5.57. The average molecular weight is 176 g/mol. The van der Waals surface area contributed by atoms with Gasteiger partial charge in [0, 0.05) is 0 Å². The zero-order chi connectivity index (χ0) is 9.30. The molecule has 1 aliphatic heterocycles. The second kappa shape index (κ2) is 3.00. The predicted octanol–water partition coefficient (Wildman–Crippen LogP) is -1.41. The third kappa shape index (κ3) is 1.21. The van der Waals surface area contributed by atoms with Crippen molar-refractivity contribution in [2.24, 2.45) is 0 Å². The molecule has 0 saturated heterocycles. The smallest absolute Gasteiger partial charge is 0.377 e. The van der Waals surface area contributed by atoms with E-state index in [1.807, 2.05) is 0 Å². The van der Waals surface area contributed by atoms with E-state index in [2.05, 4.69) is 4.74 Å². The summed E-state index contributed by atoms with van der Waals surface area (Å²) in [5.41, 5.74) is 0. The minimum atomic E-state index is -1.42. The van der Waals surface area contributed by atoms with Crippen LogP contribution in [0.15, 0.2) is 11.5 Å². The Hall–Kier alpha value is -1.27. The quantitative estimate of drug-likeness (QED) is 0.385. The summed E-state index contributed by atoms with van der Waals surface area (Å²) in [6.07, 6.45) is -2.78. The van der Waals surface area contributed by atoms with E-state index < -0.39 is 36.3 Å². The lowest BCUT2D eigenvalue weighted by Gasteiger charge is -2.13. The minimum Gasteiger partial charge on any atom is -0.505 e. The van der Waals surface area contributed by atoms with Crippen LogP contribution in [0, 0.1) is 0 Å². The number of hydrogen-bond donors (Lipinski definition) is 4. The maximum atomic E-state index is 10.5. The summed E-state index contributed by atoms with van der Waals surface area (Å²) in [6, 6.07) is 0. The molecule has 1 rings (SSSR count). The Kier molecular flexibility index (Phi) is 2.20. The van der Waals surface area contributed by atoms with Crippen LogP contribution in [0.1, 0.15) is 0 Å². The molecule has 12 heavy (non-hydrogen) atoms. The maximum Gasteiger partial charge on any atom is 0.377 e. The number of aliphatic hydroxyl groups is 4. The Morgan fingerprint density at radius 3 is 2.42 bits per heavy atom. The molecule has 0 spiro atoms. The SMILES string of the molecule is O=C1O[C@@H]([C@H](O)CO)C(O)=C1O. The Balaban J connectivity index is 2.80. The molecule has 6 heteroatoms. The van der Waals surface area contributed by atoms with Gasteiger partial charge in [-0.1, -0.05) is 0 Å². The molecular formula is C6H8O6. The van der Waals surface area contributed by atoms with Crippen molar-refractivity contribution in [1.29, 1.82) is 0 Å². The van der Waals surface area contributed by atoms with Crippen LogP contribution in [0.5, 0.6) is 0 Å². The Bertz CT molecular complexity index is 232. The lowest BCUT2D eigenvalue weighted by atomic mass is 10.2. The molecule has 0 aromatic heterocycles. The van der Waals surface area contributed by atoms with Gasteiger partial charge in [0.2, 0.25) is 5.76 Å². The zero-order valence-corrected chi connectivity index (χ0v) is 5.97. The molecular weight excluding hydrogens is 168 g/mol. The van der Waals surface area contributed by atoms with Crippen LogP contribution in [0.4, 0.5) is 0 Å². The Morgan fingerprint density at radius 1 is 1.50 bits per heavy atom. The first-order valence-corrected chi connectivity index (χ1v) is 3.20. The van der Waals surface area contributed by atoms with E-state index in [-0.39, 0.29) is 0 Å². The highest BCUT2D eigenvalue weighted by Gasteiger charge is 2.38. The van der Waals surface area contributed by atoms with Crippen LogP contribution in [-0.2, 0) is 9.53 Å². The summed E-state index contributed by atoms with van der Waals surface area (Å²) in [6.45, 7) is -0.671. The summed E-state index contributed by atoms with van der Waals surface area (Å²) in [7, 11) is 0. The number of carbonyl (C=O) groups is 1. The van der Waals surface area contributed by atoms with Gasteiger partial charge in [-0.3, -0.25) is 0 Å². The molecule has 4 N–H and O–H groups in total. The highest BCUT2D eigenvalue weighted by Crippen LogP contribution is 2.20. The third-order valence-corrected chi connectivity index (χ3v) is 1.48. The van der Waals surface area contributed by atoms with Gasteiger partial charge in [-0.2, -0.15) is 0 Å². The molecule has 0 aromatic rings. The number of rotatable bonds is 2. The second-order valence-corrected chi connectivity index (χ2v) is 2.31. The van der Waals surface area contributed by atoms with Gasteiger partial charge in [0.15, 0.2) is 11.9 Å². The van der Waals surface area contributed by atoms with Crippen molar-refractivity contribution in [1.82, 2.24) is 0 Å². The number of aliphatic hydroxyl groups excluding tert-OH is 4. The van der Waals surface area contributed by atoms with Gasteiger partial charge >= 0.3 is 5.97 Å². The molecule has 0 saturated carbocycles. The van der Waals surface area contributed by atoms with E-state index in [9.17, 15) is 4.79 Å². The van der Waals surface area contributed by atoms with Crippen LogP contribution < -0.4 is 0 Å². The van der Waals surface area contributed by atoms with Crippen LogP contribution in [0.2, 0.25) is 0 Å². The fourth-order valence-electron chi connectivity index (χ4n) is 0.823. The van der Waals surface area contributed by atoms with Crippen LogP contribution in [-0.4, -0.2) is 45.2 Å². The number of esters is 1. The third-order valence-electron chi connectivity index (χ3n) is 1.48. The number of ether oxygens (including phenoxy) is 1. The summed E-state index contributed by atoms with van der Waals surface area (Å²) in [5, 5.41) is 35.0. The fourth-order valence-corrected chi connectivity index (χ4v) is 0.823. The van der Waals surface area contributed by atoms with Gasteiger partial charge in [-0.25, -0.2) is 4.79 Å². The van der Waals surface area contributed by atoms with Gasteiger partial charge < -0.3 is 25.2 Å². The maximum absolute atomic E-state index is 10.5. The van der Waals surface area contributed by atoms with Crippen molar-refractivity contribution in [3.8, 4) is 0 Å². The van der Waals surface area contributed by atoms with E-state index in [0.717, 1.165) is 0 Å². The van der Waals surface area contributed by atoms with E-state index in [1.54, 1.807) is 0 Å². The van der Waals surface area contributed by atoms with E-state index in [1.165, 1.54) is 0 Å². The molecule has 1 heterocycles. The molecule has 0 unspecified atom stereocenters. The number of cyclic esters (lactones) is 1.